The molecule has 0 radical (unpaired) electrons. The summed E-state index contributed by atoms with van der Waals surface area (Å²) in [6.45, 7) is 4.01. The first-order valence-corrected chi connectivity index (χ1v) is 6.50. The van der Waals surface area contributed by atoms with Crippen molar-refractivity contribution in [2.45, 2.75) is 19.2 Å². The number of rotatable bonds is 2. The van der Waals surface area contributed by atoms with Gasteiger partial charge in [0.05, 0.1) is 16.4 Å². The SMILES string of the molecule is Cc1cc(C)n(-c2c(Cl)cccc2CBr)n1. The predicted molar refractivity (Wildman–Crippen MR) is 70.7 cm³/mol. The van der Waals surface area contributed by atoms with E-state index in [4.69, 9.17) is 11.6 Å². The van der Waals surface area contributed by atoms with Crippen LogP contribution in [0.1, 0.15) is 17.0 Å². The molecule has 16 heavy (non-hydrogen) atoms. The van der Waals surface area contributed by atoms with E-state index in [1.807, 2.05) is 42.8 Å². The minimum atomic E-state index is 0.725. The van der Waals surface area contributed by atoms with E-state index in [0.717, 1.165) is 33.0 Å². The molecule has 1 aromatic heterocycles. The minimum absolute atomic E-state index is 0.725. The third kappa shape index (κ3) is 2.02. The van der Waals surface area contributed by atoms with Crippen LogP contribution in [0.4, 0.5) is 0 Å². The molecule has 84 valence electrons. The average molecular weight is 300 g/mol. The first-order chi connectivity index (χ1) is 7.63. The Labute approximate surface area is 108 Å². The molecule has 0 N–H and O–H groups in total. The van der Waals surface area contributed by atoms with Crippen molar-refractivity contribution >= 4 is 27.5 Å². The Morgan fingerprint density at radius 2 is 2.12 bits per heavy atom. The Kier molecular flexibility index (Phi) is 3.36. The molecule has 2 rings (SSSR count). The monoisotopic (exact) mass is 298 g/mol. The molecule has 0 atom stereocenters. The van der Waals surface area contributed by atoms with Crippen LogP contribution in [0.25, 0.3) is 5.69 Å². The van der Waals surface area contributed by atoms with Crippen LogP contribution in [-0.2, 0) is 5.33 Å². The Morgan fingerprint density at radius 3 is 2.69 bits per heavy atom. The number of para-hydroxylation sites is 1. The van der Waals surface area contributed by atoms with Crippen LogP contribution in [-0.4, -0.2) is 9.78 Å². The molecule has 0 amide bonds. The summed E-state index contributed by atoms with van der Waals surface area (Å²) in [5.41, 5.74) is 4.19. The molecule has 1 heterocycles. The molecule has 4 heteroatoms. The lowest BCUT2D eigenvalue weighted by Gasteiger charge is -2.11. The van der Waals surface area contributed by atoms with E-state index in [0.29, 0.717) is 0 Å². The average Bonchev–Trinajstić information content (AvgIpc) is 2.57. The lowest BCUT2D eigenvalue weighted by atomic mass is 10.2. The van der Waals surface area contributed by atoms with E-state index in [-0.39, 0.29) is 0 Å². The van der Waals surface area contributed by atoms with Crippen LogP contribution in [0.5, 0.6) is 0 Å². The molecule has 0 aliphatic heterocycles. The molecule has 0 unspecified atom stereocenters. The third-order valence-corrected chi connectivity index (χ3v) is 3.34. The fourth-order valence-corrected chi connectivity index (χ4v) is 2.49. The highest BCUT2D eigenvalue weighted by Crippen LogP contribution is 2.27. The number of hydrogen-bond acceptors (Lipinski definition) is 1. The fraction of sp³-hybridized carbons (Fsp3) is 0.250. The summed E-state index contributed by atoms with van der Waals surface area (Å²) in [6.07, 6.45) is 0. The van der Waals surface area contributed by atoms with Crippen LogP contribution < -0.4 is 0 Å². The number of hydrogen-bond donors (Lipinski definition) is 0. The van der Waals surface area contributed by atoms with Crippen molar-refractivity contribution in [1.82, 2.24) is 9.78 Å². The van der Waals surface area contributed by atoms with Crippen molar-refractivity contribution in [1.29, 1.82) is 0 Å². The van der Waals surface area contributed by atoms with Gasteiger partial charge < -0.3 is 0 Å². The number of benzene rings is 1. The van der Waals surface area contributed by atoms with Crippen molar-refractivity contribution in [3.05, 3.63) is 46.2 Å². The van der Waals surface area contributed by atoms with Gasteiger partial charge in [-0.15, -0.1) is 0 Å². The summed E-state index contributed by atoms with van der Waals surface area (Å²) in [5.74, 6) is 0. The van der Waals surface area contributed by atoms with Gasteiger partial charge in [-0.3, -0.25) is 0 Å². The van der Waals surface area contributed by atoms with Gasteiger partial charge in [0.2, 0.25) is 0 Å². The fourth-order valence-electron chi connectivity index (χ4n) is 1.76. The molecular formula is C12H12BrClN2. The summed E-state index contributed by atoms with van der Waals surface area (Å²) in [5, 5.41) is 5.95. The highest BCUT2D eigenvalue weighted by atomic mass is 79.9. The molecule has 0 saturated heterocycles. The summed E-state index contributed by atoms with van der Waals surface area (Å²) >= 11 is 9.71. The minimum Gasteiger partial charge on any atom is -0.236 e. The van der Waals surface area contributed by atoms with Gasteiger partial charge in [0.25, 0.3) is 0 Å². The first kappa shape index (κ1) is 11.7. The number of halogens is 2. The van der Waals surface area contributed by atoms with Gasteiger partial charge in [-0.25, -0.2) is 4.68 Å². The second-order valence-corrected chi connectivity index (χ2v) is 4.69. The van der Waals surface area contributed by atoms with Gasteiger partial charge in [0, 0.05) is 11.0 Å². The maximum atomic E-state index is 6.24. The number of nitrogens with zero attached hydrogens (tertiary/aromatic N) is 2. The number of alkyl halides is 1. The molecular weight excluding hydrogens is 288 g/mol. The lowest BCUT2D eigenvalue weighted by Crippen LogP contribution is -2.03. The summed E-state index contributed by atoms with van der Waals surface area (Å²) in [6, 6.07) is 7.93. The smallest absolute Gasteiger partial charge is 0.0875 e. The molecule has 0 aliphatic carbocycles. The number of aryl methyl sites for hydroxylation is 2. The standard InChI is InChI=1S/C12H12BrClN2/c1-8-6-9(2)16(15-8)12-10(7-13)4-3-5-11(12)14/h3-6H,7H2,1-2H3. The zero-order chi connectivity index (χ0) is 11.7. The molecule has 1 aromatic carbocycles. The van der Waals surface area contributed by atoms with Crippen molar-refractivity contribution in [3.63, 3.8) is 0 Å². The topological polar surface area (TPSA) is 17.8 Å². The van der Waals surface area contributed by atoms with Gasteiger partial charge in [0.15, 0.2) is 0 Å². The van der Waals surface area contributed by atoms with Gasteiger partial charge in [-0.05, 0) is 31.5 Å². The van der Waals surface area contributed by atoms with Crippen LogP contribution >= 0.6 is 27.5 Å². The molecule has 2 nitrogen and oxygen atoms in total. The normalized spacial score (nSPS) is 10.8. The van der Waals surface area contributed by atoms with Crippen LogP contribution in [0.15, 0.2) is 24.3 Å². The van der Waals surface area contributed by atoms with E-state index >= 15 is 0 Å². The Hall–Kier alpha value is -0.800. The second kappa shape index (κ2) is 4.60. The van der Waals surface area contributed by atoms with E-state index in [2.05, 4.69) is 21.0 Å². The molecule has 2 aromatic rings. The zero-order valence-electron chi connectivity index (χ0n) is 9.17. The summed E-state index contributed by atoms with van der Waals surface area (Å²) in [7, 11) is 0. The summed E-state index contributed by atoms with van der Waals surface area (Å²) in [4.78, 5) is 0. The largest absolute Gasteiger partial charge is 0.236 e. The number of aromatic nitrogens is 2. The van der Waals surface area contributed by atoms with E-state index in [1.54, 1.807) is 0 Å². The zero-order valence-corrected chi connectivity index (χ0v) is 11.5. The van der Waals surface area contributed by atoms with Crippen molar-refractivity contribution < 1.29 is 0 Å². The maximum absolute atomic E-state index is 6.24. The lowest BCUT2D eigenvalue weighted by molar-refractivity contribution is 0.827. The van der Waals surface area contributed by atoms with Gasteiger partial charge in [-0.1, -0.05) is 39.7 Å². The second-order valence-electron chi connectivity index (χ2n) is 3.72. The molecule has 0 spiro atoms. The quantitative estimate of drug-likeness (QED) is 0.765. The Morgan fingerprint density at radius 1 is 1.38 bits per heavy atom. The Bertz CT molecular complexity index is 520. The maximum Gasteiger partial charge on any atom is 0.0875 e. The van der Waals surface area contributed by atoms with Crippen molar-refractivity contribution in [2.24, 2.45) is 0 Å². The third-order valence-electron chi connectivity index (χ3n) is 2.44. The summed E-state index contributed by atoms with van der Waals surface area (Å²) < 4.78 is 1.90. The highest BCUT2D eigenvalue weighted by Gasteiger charge is 2.11. The Balaban J connectivity index is 2.67. The molecule has 0 aliphatic rings. The van der Waals surface area contributed by atoms with Crippen LogP contribution in [0.3, 0.4) is 0 Å². The predicted octanol–water partition coefficient (Wildman–Crippen LogP) is 4.04. The first-order valence-electron chi connectivity index (χ1n) is 5.00. The molecule has 0 fully saturated rings. The van der Waals surface area contributed by atoms with E-state index < -0.39 is 0 Å². The molecule has 0 bridgehead atoms. The van der Waals surface area contributed by atoms with Crippen LogP contribution in [0, 0.1) is 13.8 Å². The van der Waals surface area contributed by atoms with Gasteiger partial charge in [0.1, 0.15) is 0 Å². The van der Waals surface area contributed by atoms with Gasteiger partial charge in [-0.2, -0.15) is 5.10 Å². The van der Waals surface area contributed by atoms with Crippen molar-refractivity contribution in [2.75, 3.05) is 0 Å². The van der Waals surface area contributed by atoms with E-state index in [9.17, 15) is 0 Å². The van der Waals surface area contributed by atoms with Gasteiger partial charge >= 0.3 is 0 Å². The van der Waals surface area contributed by atoms with E-state index in [1.165, 1.54) is 0 Å². The van der Waals surface area contributed by atoms with Crippen LogP contribution in [0.2, 0.25) is 5.02 Å². The highest BCUT2D eigenvalue weighted by molar-refractivity contribution is 9.08. The van der Waals surface area contributed by atoms with Crippen molar-refractivity contribution in [3.8, 4) is 5.69 Å². The molecule has 0 saturated carbocycles.